The molecule has 1 aromatic rings. The van der Waals surface area contributed by atoms with Gasteiger partial charge in [0.15, 0.2) is 8.68 Å². The average Bonchev–Trinajstić information content (AvgIpc) is 2.68. The Bertz CT molecular complexity index is 602. The van der Waals surface area contributed by atoms with Crippen LogP contribution in [-0.4, -0.2) is 66.0 Å². The first kappa shape index (κ1) is 17.1. The van der Waals surface area contributed by atoms with Crippen molar-refractivity contribution in [3.63, 3.8) is 0 Å². The lowest BCUT2D eigenvalue weighted by molar-refractivity contribution is 0.0263. The first-order valence-corrected chi connectivity index (χ1v) is 9.31. The molecule has 2 rings (SSSR count). The van der Waals surface area contributed by atoms with E-state index in [1.165, 1.54) is 4.31 Å². The second-order valence-corrected chi connectivity index (χ2v) is 9.55. The van der Waals surface area contributed by atoms with Gasteiger partial charge in [0.05, 0.1) is 11.3 Å². The molecular formula is C12H20ClN3O3S2. The van der Waals surface area contributed by atoms with Gasteiger partial charge in [-0.2, -0.15) is 4.31 Å². The van der Waals surface area contributed by atoms with Crippen LogP contribution >= 0.6 is 22.9 Å². The van der Waals surface area contributed by atoms with Gasteiger partial charge in [-0.15, -0.1) is 0 Å². The maximum atomic E-state index is 12.6. The largest absolute Gasteiger partial charge is 0.389 e. The minimum atomic E-state index is -3.52. The van der Waals surface area contributed by atoms with Crippen LogP contribution in [0.5, 0.6) is 0 Å². The number of aromatic nitrogens is 1. The first-order chi connectivity index (χ1) is 9.59. The highest BCUT2D eigenvalue weighted by Crippen LogP contribution is 2.29. The summed E-state index contributed by atoms with van der Waals surface area (Å²) < 4.78 is 27.1. The number of thiazole rings is 1. The van der Waals surface area contributed by atoms with Gasteiger partial charge in [0.2, 0.25) is 0 Å². The molecular weight excluding hydrogens is 334 g/mol. The monoisotopic (exact) mass is 353 g/mol. The summed E-state index contributed by atoms with van der Waals surface area (Å²) in [7, 11) is -3.52. The van der Waals surface area contributed by atoms with Crippen molar-refractivity contribution in [3.8, 4) is 0 Å². The molecule has 0 aliphatic carbocycles. The van der Waals surface area contributed by atoms with Gasteiger partial charge < -0.3 is 5.11 Å². The molecule has 1 aromatic heterocycles. The molecule has 1 aliphatic rings. The van der Waals surface area contributed by atoms with Crippen molar-refractivity contribution in [1.82, 2.24) is 14.2 Å². The van der Waals surface area contributed by atoms with Gasteiger partial charge in [0, 0.05) is 32.7 Å². The summed E-state index contributed by atoms with van der Waals surface area (Å²) >= 11 is 6.79. The predicted molar refractivity (Wildman–Crippen MR) is 83.4 cm³/mol. The SMILES string of the molecule is Cc1nc(Cl)sc1S(=O)(=O)N1CCN(CC(C)(C)O)CC1. The van der Waals surface area contributed by atoms with Crippen LogP contribution in [0.1, 0.15) is 19.5 Å². The summed E-state index contributed by atoms with van der Waals surface area (Å²) in [6.07, 6.45) is 0. The van der Waals surface area contributed by atoms with Gasteiger partial charge in [-0.25, -0.2) is 13.4 Å². The van der Waals surface area contributed by atoms with Gasteiger partial charge in [-0.1, -0.05) is 22.9 Å². The molecule has 6 nitrogen and oxygen atoms in total. The lowest BCUT2D eigenvalue weighted by Crippen LogP contribution is -2.51. The van der Waals surface area contributed by atoms with E-state index < -0.39 is 15.6 Å². The summed E-state index contributed by atoms with van der Waals surface area (Å²) in [5.74, 6) is 0. The van der Waals surface area contributed by atoms with E-state index in [9.17, 15) is 13.5 Å². The summed E-state index contributed by atoms with van der Waals surface area (Å²) in [5.41, 5.74) is -0.327. The molecule has 1 saturated heterocycles. The van der Waals surface area contributed by atoms with Crippen molar-refractivity contribution < 1.29 is 13.5 Å². The highest BCUT2D eigenvalue weighted by Gasteiger charge is 2.32. The van der Waals surface area contributed by atoms with Crippen molar-refractivity contribution >= 4 is 33.0 Å². The Kier molecular flexibility index (Phi) is 4.97. The molecule has 9 heteroatoms. The lowest BCUT2D eigenvalue weighted by Gasteiger charge is -2.36. The Morgan fingerprint density at radius 1 is 1.33 bits per heavy atom. The first-order valence-electron chi connectivity index (χ1n) is 6.67. The smallest absolute Gasteiger partial charge is 0.254 e. The van der Waals surface area contributed by atoms with Gasteiger partial charge in [-0.3, -0.25) is 4.90 Å². The summed E-state index contributed by atoms with van der Waals surface area (Å²) in [6.45, 7) is 7.72. The van der Waals surface area contributed by atoms with Crippen LogP contribution in [0.4, 0.5) is 0 Å². The molecule has 1 N–H and O–H groups in total. The Balaban J connectivity index is 2.06. The maximum Gasteiger partial charge on any atom is 0.254 e. The predicted octanol–water partition coefficient (Wildman–Crippen LogP) is 1.18. The van der Waals surface area contributed by atoms with Crippen LogP contribution in [0.15, 0.2) is 4.21 Å². The number of nitrogens with zero attached hydrogens (tertiary/aromatic N) is 3. The van der Waals surface area contributed by atoms with Crippen molar-refractivity contribution in [1.29, 1.82) is 0 Å². The number of aryl methyl sites for hydroxylation is 1. The minimum absolute atomic E-state index is 0.225. The van der Waals surface area contributed by atoms with Crippen LogP contribution in [0.2, 0.25) is 4.47 Å². The number of hydrogen-bond donors (Lipinski definition) is 1. The lowest BCUT2D eigenvalue weighted by atomic mass is 10.1. The van der Waals surface area contributed by atoms with Crippen molar-refractivity contribution in [3.05, 3.63) is 10.2 Å². The summed E-state index contributed by atoms with van der Waals surface area (Å²) in [4.78, 5) is 6.04. The quantitative estimate of drug-likeness (QED) is 0.880. The highest BCUT2D eigenvalue weighted by molar-refractivity contribution is 7.91. The van der Waals surface area contributed by atoms with Crippen LogP contribution in [0.3, 0.4) is 0 Å². The molecule has 1 aliphatic heterocycles. The van der Waals surface area contributed by atoms with E-state index in [-0.39, 0.29) is 8.68 Å². The zero-order chi connectivity index (χ0) is 15.8. The van der Waals surface area contributed by atoms with Gasteiger partial charge in [-0.05, 0) is 20.8 Å². The van der Waals surface area contributed by atoms with Crippen LogP contribution in [0, 0.1) is 6.92 Å². The normalized spacial score (nSPS) is 19.1. The Morgan fingerprint density at radius 3 is 2.33 bits per heavy atom. The number of rotatable bonds is 4. The molecule has 21 heavy (non-hydrogen) atoms. The molecule has 0 spiro atoms. The van der Waals surface area contributed by atoms with Crippen molar-refractivity contribution in [2.75, 3.05) is 32.7 Å². The number of sulfonamides is 1. The fourth-order valence-corrected chi connectivity index (χ4v) is 5.68. The van der Waals surface area contributed by atoms with Crippen LogP contribution < -0.4 is 0 Å². The number of hydrogen-bond acceptors (Lipinski definition) is 6. The molecule has 120 valence electrons. The highest BCUT2D eigenvalue weighted by atomic mass is 35.5. The fraction of sp³-hybridized carbons (Fsp3) is 0.750. The maximum absolute atomic E-state index is 12.6. The number of halogens is 1. The third-order valence-electron chi connectivity index (χ3n) is 3.24. The minimum Gasteiger partial charge on any atom is -0.389 e. The zero-order valence-electron chi connectivity index (χ0n) is 12.3. The van der Waals surface area contributed by atoms with E-state index in [0.717, 1.165) is 11.3 Å². The molecule has 2 heterocycles. The molecule has 0 radical (unpaired) electrons. The van der Waals surface area contributed by atoms with E-state index in [1.54, 1.807) is 20.8 Å². The molecule has 0 amide bonds. The molecule has 0 unspecified atom stereocenters. The molecule has 0 saturated carbocycles. The zero-order valence-corrected chi connectivity index (χ0v) is 14.7. The standard InChI is InChI=1S/C12H20ClN3O3S2/c1-9-10(20-11(13)14-9)21(18,19)16-6-4-15(5-7-16)8-12(2,3)17/h17H,4-8H2,1-3H3. The van der Waals surface area contributed by atoms with E-state index in [4.69, 9.17) is 11.6 Å². The topological polar surface area (TPSA) is 73.7 Å². The Hall–Kier alpha value is -0.250. The van der Waals surface area contributed by atoms with E-state index in [2.05, 4.69) is 9.88 Å². The average molecular weight is 354 g/mol. The summed E-state index contributed by atoms with van der Waals surface area (Å²) in [6, 6.07) is 0. The molecule has 0 atom stereocenters. The number of piperazine rings is 1. The van der Waals surface area contributed by atoms with E-state index >= 15 is 0 Å². The van der Waals surface area contributed by atoms with Crippen LogP contribution in [-0.2, 0) is 10.0 Å². The van der Waals surface area contributed by atoms with E-state index in [1.807, 2.05) is 0 Å². The van der Waals surface area contributed by atoms with E-state index in [0.29, 0.717) is 38.4 Å². The molecule has 1 fully saturated rings. The number of β-amino-alcohol motifs (C(OH)–C–C–N with tert-alkyl or cyclic N) is 1. The second-order valence-electron chi connectivity index (χ2n) is 5.83. The molecule has 0 bridgehead atoms. The third kappa shape index (κ3) is 4.14. The molecule has 0 aromatic carbocycles. The van der Waals surface area contributed by atoms with Crippen molar-refractivity contribution in [2.24, 2.45) is 0 Å². The van der Waals surface area contributed by atoms with Gasteiger partial charge in [0.25, 0.3) is 10.0 Å². The number of aliphatic hydroxyl groups is 1. The third-order valence-corrected chi connectivity index (χ3v) is 6.99. The Labute approximate surface area is 134 Å². The van der Waals surface area contributed by atoms with Crippen LogP contribution in [0.25, 0.3) is 0 Å². The van der Waals surface area contributed by atoms with Gasteiger partial charge >= 0.3 is 0 Å². The second kappa shape index (κ2) is 6.10. The Morgan fingerprint density at radius 2 is 1.90 bits per heavy atom. The van der Waals surface area contributed by atoms with Gasteiger partial charge in [0.1, 0.15) is 0 Å². The summed E-state index contributed by atoms with van der Waals surface area (Å²) in [5, 5.41) is 9.82. The van der Waals surface area contributed by atoms with Crippen molar-refractivity contribution in [2.45, 2.75) is 30.6 Å². The fourth-order valence-electron chi connectivity index (χ4n) is 2.38.